The Morgan fingerprint density at radius 2 is 1.83 bits per heavy atom. The van der Waals surface area contributed by atoms with Gasteiger partial charge in [0, 0.05) is 6.07 Å². The van der Waals surface area contributed by atoms with E-state index in [0.717, 1.165) is 24.1 Å². The van der Waals surface area contributed by atoms with Crippen LogP contribution in [0.4, 0.5) is 8.78 Å². The molecule has 0 aliphatic rings. The molecule has 0 atom stereocenters. The molecule has 2 aromatic carbocycles. The number of halogens is 2. The third-order valence-corrected chi connectivity index (χ3v) is 3.20. The van der Waals surface area contributed by atoms with Crippen LogP contribution >= 0.6 is 0 Å². The summed E-state index contributed by atoms with van der Waals surface area (Å²) in [6.07, 6.45) is 0.748. The maximum atomic E-state index is 13.4. The molecule has 0 heterocycles. The van der Waals surface area contributed by atoms with Crippen molar-refractivity contribution in [3.63, 3.8) is 0 Å². The molecular formula is C17H16F2N2O3. The van der Waals surface area contributed by atoms with Crippen LogP contribution in [0.25, 0.3) is 0 Å². The second-order valence-corrected chi connectivity index (χ2v) is 4.88. The van der Waals surface area contributed by atoms with Crippen molar-refractivity contribution in [2.24, 2.45) is 0 Å². The summed E-state index contributed by atoms with van der Waals surface area (Å²) < 4.78 is 31.6. The summed E-state index contributed by atoms with van der Waals surface area (Å²) in [6.45, 7) is 1.64. The first-order valence-electron chi connectivity index (χ1n) is 7.26. The predicted octanol–water partition coefficient (Wildman–Crippen LogP) is 2.37. The predicted molar refractivity (Wildman–Crippen MR) is 83.3 cm³/mol. The first-order chi connectivity index (χ1) is 11.5. The number of carbonyl (C=O) groups is 2. The number of carbonyl (C=O) groups excluding carboxylic acids is 2. The summed E-state index contributed by atoms with van der Waals surface area (Å²) in [4.78, 5) is 23.4. The van der Waals surface area contributed by atoms with Gasteiger partial charge in [0.15, 0.2) is 6.61 Å². The van der Waals surface area contributed by atoms with E-state index in [1.165, 1.54) is 0 Å². The number of rotatable bonds is 5. The second-order valence-electron chi connectivity index (χ2n) is 4.88. The molecule has 5 nitrogen and oxygen atoms in total. The van der Waals surface area contributed by atoms with E-state index in [9.17, 15) is 18.4 Å². The molecule has 7 heteroatoms. The van der Waals surface area contributed by atoms with Gasteiger partial charge in [-0.05, 0) is 30.2 Å². The van der Waals surface area contributed by atoms with E-state index in [-0.39, 0.29) is 12.2 Å². The monoisotopic (exact) mass is 334 g/mol. The van der Waals surface area contributed by atoms with Gasteiger partial charge >= 0.3 is 0 Å². The van der Waals surface area contributed by atoms with Gasteiger partial charge in [-0.15, -0.1) is 0 Å². The fourth-order valence-corrected chi connectivity index (χ4v) is 1.98. The lowest BCUT2D eigenvalue weighted by molar-refractivity contribution is -0.123. The number of hydrogen-bond acceptors (Lipinski definition) is 3. The average Bonchev–Trinajstić information content (AvgIpc) is 2.58. The first-order valence-corrected chi connectivity index (χ1v) is 7.26. The van der Waals surface area contributed by atoms with E-state index >= 15 is 0 Å². The van der Waals surface area contributed by atoms with Crippen molar-refractivity contribution in [2.75, 3.05) is 6.61 Å². The van der Waals surface area contributed by atoms with Gasteiger partial charge in [0.1, 0.15) is 17.4 Å². The smallest absolute Gasteiger partial charge is 0.276 e. The van der Waals surface area contributed by atoms with Crippen LogP contribution in [0.5, 0.6) is 5.75 Å². The molecule has 2 N–H and O–H groups in total. The number of ether oxygens (including phenoxy) is 1. The Hall–Kier alpha value is -2.96. The van der Waals surface area contributed by atoms with Crippen LogP contribution in [0, 0.1) is 11.6 Å². The van der Waals surface area contributed by atoms with Crippen LogP contribution in [0.2, 0.25) is 0 Å². The van der Waals surface area contributed by atoms with Crippen LogP contribution in [0.1, 0.15) is 22.8 Å². The third-order valence-electron chi connectivity index (χ3n) is 3.20. The van der Waals surface area contributed by atoms with Crippen LogP contribution in [0.3, 0.4) is 0 Å². The molecule has 0 saturated heterocycles. The number of hydrogen-bond donors (Lipinski definition) is 2. The van der Waals surface area contributed by atoms with Gasteiger partial charge in [0.25, 0.3) is 11.8 Å². The normalized spacial score (nSPS) is 10.1. The topological polar surface area (TPSA) is 67.4 Å². The molecular weight excluding hydrogens is 318 g/mol. The van der Waals surface area contributed by atoms with Gasteiger partial charge in [-0.2, -0.15) is 0 Å². The molecule has 0 spiro atoms. The van der Waals surface area contributed by atoms with E-state index < -0.39 is 23.4 Å². The molecule has 2 rings (SSSR count). The quantitative estimate of drug-likeness (QED) is 0.825. The van der Waals surface area contributed by atoms with Gasteiger partial charge in [-0.25, -0.2) is 8.78 Å². The molecule has 0 unspecified atom stereocenters. The lowest BCUT2D eigenvalue weighted by Gasteiger charge is -2.11. The fraction of sp³-hybridized carbons (Fsp3) is 0.176. The Balaban J connectivity index is 1.85. The van der Waals surface area contributed by atoms with Gasteiger partial charge in [0.2, 0.25) is 0 Å². The van der Waals surface area contributed by atoms with E-state index in [1.54, 1.807) is 12.1 Å². The van der Waals surface area contributed by atoms with Crippen LogP contribution < -0.4 is 15.6 Å². The van der Waals surface area contributed by atoms with E-state index in [4.69, 9.17) is 4.74 Å². The van der Waals surface area contributed by atoms with Crippen molar-refractivity contribution in [2.45, 2.75) is 13.3 Å². The van der Waals surface area contributed by atoms with Gasteiger partial charge in [-0.1, -0.05) is 25.1 Å². The van der Waals surface area contributed by atoms with Gasteiger partial charge in [-0.3, -0.25) is 20.4 Å². The first kappa shape index (κ1) is 17.4. The minimum Gasteiger partial charge on any atom is -0.483 e. The van der Waals surface area contributed by atoms with Crippen molar-refractivity contribution in [1.29, 1.82) is 0 Å². The summed E-state index contributed by atoms with van der Waals surface area (Å²) in [5.74, 6) is -2.75. The zero-order valence-electron chi connectivity index (χ0n) is 12.9. The number of hydrazine groups is 1. The number of nitrogens with one attached hydrogen (secondary N) is 2. The second kappa shape index (κ2) is 8.05. The van der Waals surface area contributed by atoms with Crippen LogP contribution in [0.15, 0.2) is 42.5 Å². The van der Waals surface area contributed by atoms with Crippen molar-refractivity contribution in [3.8, 4) is 5.75 Å². The van der Waals surface area contributed by atoms with Crippen molar-refractivity contribution >= 4 is 11.8 Å². The average molecular weight is 334 g/mol. The molecule has 24 heavy (non-hydrogen) atoms. The standard InChI is InChI=1S/C17H16F2N2O3/c1-2-11-5-3-4-6-15(11)24-10-16(22)20-21-17(23)13-8-7-12(18)9-14(13)19/h3-9H,2,10H2,1H3,(H,20,22)(H,21,23). The fourth-order valence-electron chi connectivity index (χ4n) is 1.98. The minimum absolute atomic E-state index is 0.316. The van der Waals surface area contributed by atoms with Crippen molar-refractivity contribution < 1.29 is 23.1 Å². The molecule has 126 valence electrons. The number of amides is 2. The molecule has 2 aromatic rings. The SMILES string of the molecule is CCc1ccccc1OCC(=O)NNC(=O)c1ccc(F)cc1F. The molecule has 0 fully saturated rings. The third kappa shape index (κ3) is 4.52. The maximum Gasteiger partial charge on any atom is 0.276 e. The number of benzene rings is 2. The molecule has 0 saturated carbocycles. The molecule has 0 bridgehead atoms. The molecule has 0 aromatic heterocycles. The number of para-hydroxylation sites is 1. The Labute approximate surface area is 137 Å². The lowest BCUT2D eigenvalue weighted by Crippen LogP contribution is -2.44. The zero-order valence-corrected chi connectivity index (χ0v) is 12.9. The van der Waals surface area contributed by atoms with Crippen LogP contribution in [-0.2, 0) is 11.2 Å². The Kier molecular flexibility index (Phi) is 5.83. The summed E-state index contributed by atoms with van der Waals surface area (Å²) in [5.41, 5.74) is 4.72. The minimum atomic E-state index is -1.02. The van der Waals surface area contributed by atoms with Crippen molar-refractivity contribution in [3.05, 3.63) is 65.2 Å². The molecule has 2 amide bonds. The highest BCUT2D eigenvalue weighted by molar-refractivity contribution is 5.95. The van der Waals surface area contributed by atoms with E-state index in [0.29, 0.717) is 11.8 Å². The lowest BCUT2D eigenvalue weighted by atomic mass is 10.1. The van der Waals surface area contributed by atoms with Crippen LogP contribution in [-0.4, -0.2) is 18.4 Å². The summed E-state index contributed by atoms with van der Waals surface area (Å²) in [6, 6.07) is 9.78. The largest absolute Gasteiger partial charge is 0.483 e. The van der Waals surface area contributed by atoms with Gasteiger partial charge < -0.3 is 4.74 Å². The number of aryl methyl sites for hydroxylation is 1. The summed E-state index contributed by atoms with van der Waals surface area (Å²) in [5, 5.41) is 0. The highest BCUT2D eigenvalue weighted by Gasteiger charge is 2.13. The highest BCUT2D eigenvalue weighted by Crippen LogP contribution is 2.17. The van der Waals surface area contributed by atoms with Crippen molar-refractivity contribution in [1.82, 2.24) is 10.9 Å². The Bertz CT molecular complexity index is 750. The Morgan fingerprint density at radius 1 is 1.08 bits per heavy atom. The van der Waals surface area contributed by atoms with E-state index in [2.05, 4.69) is 5.43 Å². The summed E-state index contributed by atoms with van der Waals surface area (Å²) >= 11 is 0. The zero-order chi connectivity index (χ0) is 17.5. The molecule has 0 aliphatic heterocycles. The molecule has 0 aliphatic carbocycles. The highest BCUT2D eigenvalue weighted by atomic mass is 19.1. The molecule has 0 radical (unpaired) electrons. The van der Waals surface area contributed by atoms with E-state index in [1.807, 2.05) is 24.5 Å². The Morgan fingerprint density at radius 3 is 2.54 bits per heavy atom. The summed E-state index contributed by atoms with van der Waals surface area (Å²) in [7, 11) is 0. The maximum absolute atomic E-state index is 13.4. The van der Waals surface area contributed by atoms with Gasteiger partial charge in [0.05, 0.1) is 5.56 Å².